The molecule has 0 radical (unpaired) electrons. The number of benzene rings is 1. The molecule has 0 aromatic heterocycles. The first-order chi connectivity index (χ1) is 10.4. The lowest BCUT2D eigenvalue weighted by molar-refractivity contribution is -0.139. The van der Waals surface area contributed by atoms with Crippen LogP contribution in [0, 0.1) is 11.7 Å². The van der Waals surface area contributed by atoms with Gasteiger partial charge in [0.05, 0.1) is 19.1 Å². The average molecular weight is 310 g/mol. The molecule has 1 aromatic carbocycles. The van der Waals surface area contributed by atoms with E-state index in [9.17, 15) is 14.3 Å². The lowest BCUT2D eigenvalue weighted by atomic mass is 9.80. The van der Waals surface area contributed by atoms with Crippen molar-refractivity contribution in [3.05, 3.63) is 29.6 Å². The molecule has 22 heavy (non-hydrogen) atoms. The molecule has 0 aliphatic heterocycles. The molecule has 1 N–H and O–H groups in total. The van der Waals surface area contributed by atoms with E-state index >= 15 is 0 Å². The normalized spacial score (nSPS) is 24.8. The van der Waals surface area contributed by atoms with Gasteiger partial charge in [-0.3, -0.25) is 4.79 Å². The van der Waals surface area contributed by atoms with Crippen LogP contribution in [-0.2, 0) is 16.0 Å². The van der Waals surface area contributed by atoms with Gasteiger partial charge in [0.15, 0.2) is 11.6 Å². The Morgan fingerprint density at radius 3 is 2.68 bits per heavy atom. The Balaban J connectivity index is 1.94. The van der Waals surface area contributed by atoms with Crippen LogP contribution in [0.15, 0.2) is 18.2 Å². The first kappa shape index (κ1) is 16.7. The van der Waals surface area contributed by atoms with Crippen molar-refractivity contribution in [2.45, 2.75) is 44.6 Å². The van der Waals surface area contributed by atoms with E-state index in [0.29, 0.717) is 24.3 Å². The van der Waals surface area contributed by atoms with Crippen molar-refractivity contribution in [3.8, 4) is 5.75 Å². The number of carbonyl (C=O) groups excluding carboxylic acids is 1. The largest absolute Gasteiger partial charge is 0.488 e. The van der Waals surface area contributed by atoms with Crippen molar-refractivity contribution in [2.24, 2.45) is 5.92 Å². The Hall–Kier alpha value is -1.62. The van der Waals surface area contributed by atoms with Crippen LogP contribution in [0.5, 0.6) is 5.75 Å². The Bertz CT molecular complexity index is 521. The molecule has 0 saturated heterocycles. The third-order valence-corrected chi connectivity index (χ3v) is 4.27. The molecule has 0 unspecified atom stereocenters. The van der Waals surface area contributed by atoms with Gasteiger partial charge in [0.2, 0.25) is 0 Å². The predicted molar refractivity (Wildman–Crippen MR) is 80.2 cm³/mol. The quantitative estimate of drug-likeness (QED) is 0.850. The van der Waals surface area contributed by atoms with Gasteiger partial charge in [0.1, 0.15) is 6.61 Å². The van der Waals surface area contributed by atoms with Crippen LogP contribution in [-0.4, -0.2) is 30.4 Å². The van der Waals surface area contributed by atoms with Crippen molar-refractivity contribution >= 4 is 5.97 Å². The van der Waals surface area contributed by atoms with Crippen LogP contribution in [0.3, 0.4) is 0 Å². The second-order valence-electron chi connectivity index (χ2n) is 6.21. The fourth-order valence-corrected chi connectivity index (χ4v) is 2.67. The van der Waals surface area contributed by atoms with Crippen molar-refractivity contribution < 1.29 is 23.8 Å². The second-order valence-corrected chi connectivity index (χ2v) is 6.21. The third-order valence-electron chi connectivity index (χ3n) is 4.27. The molecule has 0 heterocycles. The first-order valence-corrected chi connectivity index (χ1v) is 7.62. The van der Waals surface area contributed by atoms with Crippen LogP contribution >= 0.6 is 0 Å². The Labute approximate surface area is 130 Å². The summed E-state index contributed by atoms with van der Waals surface area (Å²) in [6, 6.07) is 4.38. The minimum absolute atomic E-state index is 0.0233. The van der Waals surface area contributed by atoms with E-state index in [-0.39, 0.29) is 18.8 Å². The Morgan fingerprint density at radius 2 is 2.09 bits per heavy atom. The number of carbonyl (C=O) groups is 1. The molecule has 1 aromatic rings. The van der Waals surface area contributed by atoms with E-state index < -0.39 is 17.4 Å². The summed E-state index contributed by atoms with van der Waals surface area (Å²) in [4.78, 5) is 11.2. The summed E-state index contributed by atoms with van der Waals surface area (Å²) in [5, 5.41) is 10.4. The summed E-state index contributed by atoms with van der Waals surface area (Å²) in [5.74, 6) is -0.233. The van der Waals surface area contributed by atoms with Gasteiger partial charge in [-0.1, -0.05) is 13.0 Å². The van der Waals surface area contributed by atoms with Gasteiger partial charge in [-0.2, -0.15) is 0 Å². The summed E-state index contributed by atoms with van der Waals surface area (Å²) >= 11 is 0. The number of aliphatic hydroxyl groups is 1. The van der Waals surface area contributed by atoms with E-state index in [2.05, 4.69) is 11.7 Å². The van der Waals surface area contributed by atoms with Gasteiger partial charge < -0.3 is 14.6 Å². The van der Waals surface area contributed by atoms with Crippen LogP contribution in [0.1, 0.15) is 38.2 Å². The van der Waals surface area contributed by atoms with Gasteiger partial charge in [0.25, 0.3) is 0 Å². The molecule has 1 saturated carbocycles. The predicted octanol–water partition coefficient (Wildman–Crippen LogP) is 2.86. The summed E-state index contributed by atoms with van der Waals surface area (Å²) in [7, 11) is 1.29. The van der Waals surface area contributed by atoms with Crippen molar-refractivity contribution in [1.29, 1.82) is 0 Å². The maximum atomic E-state index is 14.0. The first-order valence-electron chi connectivity index (χ1n) is 7.62. The molecule has 4 nitrogen and oxygen atoms in total. The minimum Gasteiger partial charge on any atom is -0.488 e. The van der Waals surface area contributed by atoms with E-state index in [1.807, 2.05) is 0 Å². The number of methoxy groups -OCH3 is 1. The molecule has 0 spiro atoms. The number of esters is 1. The van der Waals surface area contributed by atoms with E-state index in [1.165, 1.54) is 19.2 Å². The lowest BCUT2D eigenvalue weighted by Gasteiger charge is -2.34. The number of rotatable bonds is 5. The number of ether oxygens (including phenoxy) is 2. The molecular weight excluding hydrogens is 287 g/mol. The highest BCUT2D eigenvalue weighted by molar-refractivity contribution is 5.72. The van der Waals surface area contributed by atoms with Crippen LogP contribution in [0.2, 0.25) is 0 Å². The molecule has 0 atom stereocenters. The number of hydrogen-bond acceptors (Lipinski definition) is 4. The number of hydrogen-bond donors (Lipinski definition) is 1. The number of halogens is 1. The van der Waals surface area contributed by atoms with Crippen LogP contribution in [0.25, 0.3) is 0 Å². The van der Waals surface area contributed by atoms with Crippen LogP contribution < -0.4 is 4.74 Å². The highest BCUT2D eigenvalue weighted by Gasteiger charge is 2.32. The fourth-order valence-electron chi connectivity index (χ4n) is 2.67. The molecule has 0 amide bonds. The molecule has 2 rings (SSSR count). The zero-order valence-corrected chi connectivity index (χ0v) is 13.1. The monoisotopic (exact) mass is 310 g/mol. The SMILES string of the molecule is COC(=O)Cc1ccc(OCC2(O)CCC(C)CC2)c(F)c1. The zero-order chi connectivity index (χ0) is 16.2. The molecule has 122 valence electrons. The highest BCUT2D eigenvalue weighted by Crippen LogP contribution is 2.32. The lowest BCUT2D eigenvalue weighted by Crippen LogP contribution is -2.39. The molecule has 5 heteroatoms. The summed E-state index contributed by atoms with van der Waals surface area (Å²) in [6.07, 6.45) is 3.29. The second kappa shape index (κ2) is 7.09. The summed E-state index contributed by atoms with van der Waals surface area (Å²) < 4.78 is 24.0. The fraction of sp³-hybridized carbons (Fsp3) is 0.588. The topological polar surface area (TPSA) is 55.8 Å². The van der Waals surface area contributed by atoms with E-state index in [0.717, 1.165) is 12.8 Å². The van der Waals surface area contributed by atoms with Gasteiger partial charge in [0, 0.05) is 0 Å². The summed E-state index contributed by atoms with van der Waals surface area (Å²) in [6.45, 7) is 2.26. The maximum absolute atomic E-state index is 14.0. The van der Waals surface area contributed by atoms with Gasteiger partial charge in [-0.25, -0.2) is 4.39 Å². The van der Waals surface area contributed by atoms with Crippen molar-refractivity contribution in [1.82, 2.24) is 0 Å². The van der Waals surface area contributed by atoms with E-state index in [4.69, 9.17) is 4.74 Å². The van der Waals surface area contributed by atoms with Gasteiger partial charge in [-0.05, 0) is 49.3 Å². The Kier molecular flexibility index (Phi) is 5.40. The average Bonchev–Trinajstić information content (AvgIpc) is 2.50. The molecule has 1 aliphatic carbocycles. The van der Waals surface area contributed by atoms with E-state index in [1.54, 1.807) is 6.07 Å². The maximum Gasteiger partial charge on any atom is 0.309 e. The van der Waals surface area contributed by atoms with Gasteiger partial charge in [-0.15, -0.1) is 0 Å². The van der Waals surface area contributed by atoms with Crippen LogP contribution in [0.4, 0.5) is 4.39 Å². The highest BCUT2D eigenvalue weighted by atomic mass is 19.1. The standard InChI is InChI=1S/C17H23FO4/c1-12-5-7-17(20,8-6-12)11-22-15-4-3-13(9-14(15)18)10-16(19)21-2/h3-4,9,12,20H,5-8,10-11H2,1-2H3. The smallest absolute Gasteiger partial charge is 0.309 e. The molecule has 1 fully saturated rings. The van der Waals surface area contributed by atoms with Crippen molar-refractivity contribution in [3.63, 3.8) is 0 Å². The third kappa shape index (κ3) is 4.44. The molecular formula is C17H23FO4. The summed E-state index contributed by atoms with van der Waals surface area (Å²) in [5.41, 5.74) is -0.342. The molecule has 1 aliphatic rings. The zero-order valence-electron chi connectivity index (χ0n) is 13.1. The Morgan fingerprint density at radius 1 is 1.41 bits per heavy atom. The van der Waals surface area contributed by atoms with Gasteiger partial charge >= 0.3 is 5.97 Å². The molecule has 0 bridgehead atoms. The van der Waals surface area contributed by atoms with Crippen molar-refractivity contribution in [2.75, 3.05) is 13.7 Å². The minimum atomic E-state index is -0.871.